The summed E-state index contributed by atoms with van der Waals surface area (Å²) in [4.78, 5) is 2.35. The first kappa shape index (κ1) is 12.2. The molecule has 1 aromatic carbocycles. The molecule has 4 N–H and O–H groups in total. The highest BCUT2D eigenvalue weighted by Crippen LogP contribution is 2.26. The highest BCUT2D eigenvalue weighted by Gasteiger charge is 2.18. The fraction of sp³-hybridized carbons (Fsp3) is 0.538. The van der Waals surface area contributed by atoms with Gasteiger partial charge in [-0.2, -0.15) is 0 Å². The van der Waals surface area contributed by atoms with Gasteiger partial charge in [0.25, 0.3) is 0 Å². The predicted octanol–water partition coefficient (Wildman–Crippen LogP) is 1.27. The minimum absolute atomic E-state index is 0.0464. The van der Waals surface area contributed by atoms with E-state index in [0.29, 0.717) is 5.92 Å². The summed E-state index contributed by atoms with van der Waals surface area (Å²) in [5.41, 5.74) is 6.73. The molecule has 1 atom stereocenters. The highest BCUT2D eigenvalue weighted by atomic mass is 16.3. The SMILES string of the molecule is NCC1CCCN(Cc2ccc(O)c(O)c2)C1. The van der Waals surface area contributed by atoms with Crippen molar-refractivity contribution in [1.29, 1.82) is 0 Å². The third kappa shape index (κ3) is 3.11. The molecule has 0 aromatic heterocycles. The zero-order valence-electron chi connectivity index (χ0n) is 9.97. The molecule has 4 nitrogen and oxygen atoms in total. The smallest absolute Gasteiger partial charge is 0.157 e. The zero-order valence-corrected chi connectivity index (χ0v) is 9.97. The molecule has 4 heteroatoms. The summed E-state index contributed by atoms with van der Waals surface area (Å²) in [6.45, 7) is 3.66. The summed E-state index contributed by atoms with van der Waals surface area (Å²) in [6, 6.07) is 5.01. The lowest BCUT2D eigenvalue weighted by Gasteiger charge is -2.32. The van der Waals surface area contributed by atoms with Crippen LogP contribution >= 0.6 is 0 Å². The maximum Gasteiger partial charge on any atom is 0.157 e. The molecule has 1 unspecified atom stereocenters. The Hall–Kier alpha value is -1.26. The molecular formula is C13H20N2O2. The summed E-state index contributed by atoms with van der Waals surface area (Å²) in [7, 11) is 0. The summed E-state index contributed by atoms with van der Waals surface area (Å²) in [6.07, 6.45) is 2.40. The normalized spacial score (nSPS) is 21.6. The molecule has 1 saturated heterocycles. The number of phenolic OH excluding ortho intramolecular Hbond substituents is 2. The Kier molecular flexibility index (Phi) is 3.86. The maximum atomic E-state index is 9.44. The lowest BCUT2D eigenvalue weighted by molar-refractivity contribution is 0.171. The molecule has 94 valence electrons. The van der Waals surface area contributed by atoms with Gasteiger partial charge < -0.3 is 15.9 Å². The largest absolute Gasteiger partial charge is 0.504 e. The van der Waals surface area contributed by atoms with E-state index in [4.69, 9.17) is 5.73 Å². The molecule has 17 heavy (non-hydrogen) atoms. The average molecular weight is 236 g/mol. The van der Waals surface area contributed by atoms with Crippen LogP contribution < -0.4 is 5.73 Å². The summed E-state index contributed by atoms with van der Waals surface area (Å²) < 4.78 is 0. The van der Waals surface area contributed by atoms with Crippen molar-refractivity contribution in [3.63, 3.8) is 0 Å². The molecule has 1 aliphatic heterocycles. The number of phenols is 2. The molecule has 0 aliphatic carbocycles. The number of hydrogen-bond donors (Lipinski definition) is 3. The van der Waals surface area contributed by atoms with Crippen LogP contribution in [-0.2, 0) is 6.54 Å². The number of piperidine rings is 1. The third-order valence-electron chi connectivity index (χ3n) is 3.38. The highest BCUT2D eigenvalue weighted by molar-refractivity contribution is 5.40. The van der Waals surface area contributed by atoms with Gasteiger partial charge in [-0.25, -0.2) is 0 Å². The number of nitrogens with two attached hydrogens (primary N) is 1. The summed E-state index contributed by atoms with van der Waals surface area (Å²) >= 11 is 0. The van der Waals surface area contributed by atoms with Crippen LogP contribution in [0.1, 0.15) is 18.4 Å². The van der Waals surface area contributed by atoms with Crippen molar-refractivity contribution >= 4 is 0 Å². The van der Waals surface area contributed by atoms with Crippen LogP contribution in [0.4, 0.5) is 0 Å². The van der Waals surface area contributed by atoms with Crippen molar-refractivity contribution in [1.82, 2.24) is 4.90 Å². The van der Waals surface area contributed by atoms with Crippen LogP contribution in [-0.4, -0.2) is 34.7 Å². The van der Waals surface area contributed by atoms with Gasteiger partial charge in [0, 0.05) is 13.1 Å². The van der Waals surface area contributed by atoms with E-state index in [1.165, 1.54) is 18.9 Å². The van der Waals surface area contributed by atoms with Crippen LogP contribution in [0.3, 0.4) is 0 Å². The minimum Gasteiger partial charge on any atom is -0.504 e. The Morgan fingerprint density at radius 2 is 2.12 bits per heavy atom. The van der Waals surface area contributed by atoms with E-state index in [2.05, 4.69) is 4.90 Å². The van der Waals surface area contributed by atoms with Crippen LogP contribution in [0.25, 0.3) is 0 Å². The van der Waals surface area contributed by atoms with E-state index in [9.17, 15) is 10.2 Å². The van der Waals surface area contributed by atoms with E-state index in [1.807, 2.05) is 6.07 Å². The molecule has 0 amide bonds. The second-order valence-corrected chi connectivity index (χ2v) is 4.80. The number of likely N-dealkylation sites (tertiary alicyclic amines) is 1. The van der Waals surface area contributed by atoms with Gasteiger partial charge in [-0.3, -0.25) is 4.90 Å². The van der Waals surface area contributed by atoms with E-state index < -0.39 is 0 Å². The molecule has 0 spiro atoms. The fourth-order valence-electron chi connectivity index (χ4n) is 2.41. The van der Waals surface area contributed by atoms with Gasteiger partial charge in [0.1, 0.15) is 0 Å². The monoisotopic (exact) mass is 236 g/mol. The van der Waals surface area contributed by atoms with Gasteiger partial charge in [0.05, 0.1) is 0 Å². The van der Waals surface area contributed by atoms with Crippen LogP contribution in [0, 0.1) is 5.92 Å². The first-order valence-corrected chi connectivity index (χ1v) is 6.12. The van der Waals surface area contributed by atoms with Gasteiger partial charge >= 0.3 is 0 Å². The van der Waals surface area contributed by atoms with Gasteiger partial charge in [-0.05, 0) is 49.5 Å². The molecule has 1 aromatic rings. The molecule has 0 bridgehead atoms. The Balaban J connectivity index is 1.97. The third-order valence-corrected chi connectivity index (χ3v) is 3.38. The zero-order chi connectivity index (χ0) is 12.3. The average Bonchev–Trinajstić information content (AvgIpc) is 2.34. The van der Waals surface area contributed by atoms with E-state index in [-0.39, 0.29) is 11.5 Å². The molecule has 1 aliphatic rings. The number of rotatable bonds is 3. The van der Waals surface area contributed by atoms with Crippen LogP contribution in [0.2, 0.25) is 0 Å². The number of benzene rings is 1. The van der Waals surface area contributed by atoms with Gasteiger partial charge in [-0.15, -0.1) is 0 Å². The number of nitrogens with zero attached hydrogens (tertiary/aromatic N) is 1. The first-order chi connectivity index (χ1) is 8.19. The Morgan fingerprint density at radius 1 is 1.29 bits per heavy atom. The van der Waals surface area contributed by atoms with Gasteiger partial charge in [0.15, 0.2) is 11.5 Å². The Bertz CT molecular complexity index is 382. The first-order valence-electron chi connectivity index (χ1n) is 6.12. The molecular weight excluding hydrogens is 216 g/mol. The van der Waals surface area contributed by atoms with Crippen molar-refractivity contribution in [2.75, 3.05) is 19.6 Å². The van der Waals surface area contributed by atoms with Crippen molar-refractivity contribution in [2.45, 2.75) is 19.4 Å². The molecule has 1 fully saturated rings. The molecule has 0 radical (unpaired) electrons. The lowest BCUT2D eigenvalue weighted by atomic mass is 9.98. The number of hydrogen-bond acceptors (Lipinski definition) is 4. The van der Waals surface area contributed by atoms with E-state index >= 15 is 0 Å². The van der Waals surface area contributed by atoms with Crippen molar-refractivity contribution < 1.29 is 10.2 Å². The maximum absolute atomic E-state index is 9.44. The van der Waals surface area contributed by atoms with Crippen LogP contribution in [0.15, 0.2) is 18.2 Å². The topological polar surface area (TPSA) is 69.7 Å². The minimum atomic E-state index is -0.0628. The van der Waals surface area contributed by atoms with Gasteiger partial charge in [-0.1, -0.05) is 6.07 Å². The predicted molar refractivity (Wildman–Crippen MR) is 66.8 cm³/mol. The summed E-state index contributed by atoms with van der Waals surface area (Å²) in [5.74, 6) is 0.483. The lowest BCUT2D eigenvalue weighted by Crippen LogP contribution is -2.37. The van der Waals surface area contributed by atoms with Crippen LogP contribution in [0.5, 0.6) is 11.5 Å². The quantitative estimate of drug-likeness (QED) is 0.691. The van der Waals surface area contributed by atoms with E-state index in [1.54, 1.807) is 6.07 Å². The standard InChI is InChI=1S/C13H20N2O2/c14-7-11-2-1-5-15(9-11)8-10-3-4-12(16)13(17)6-10/h3-4,6,11,16-17H,1-2,5,7-9,14H2. The molecule has 2 rings (SSSR count). The summed E-state index contributed by atoms with van der Waals surface area (Å²) in [5, 5.41) is 18.7. The van der Waals surface area contributed by atoms with E-state index in [0.717, 1.165) is 31.7 Å². The molecule has 1 heterocycles. The molecule has 0 saturated carbocycles. The van der Waals surface area contributed by atoms with Crippen molar-refractivity contribution in [3.8, 4) is 11.5 Å². The van der Waals surface area contributed by atoms with Crippen molar-refractivity contribution in [3.05, 3.63) is 23.8 Å². The van der Waals surface area contributed by atoms with Gasteiger partial charge in [0.2, 0.25) is 0 Å². The Labute approximate surface area is 102 Å². The Morgan fingerprint density at radius 3 is 2.82 bits per heavy atom. The number of aromatic hydroxyl groups is 2. The second kappa shape index (κ2) is 5.38. The fourth-order valence-corrected chi connectivity index (χ4v) is 2.41. The second-order valence-electron chi connectivity index (χ2n) is 4.80. The van der Waals surface area contributed by atoms with Crippen molar-refractivity contribution in [2.24, 2.45) is 11.7 Å².